The Bertz CT molecular complexity index is 938. The van der Waals surface area contributed by atoms with E-state index in [4.69, 9.17) is 9.47 Å². The SMILES string of the molecule is COCc1nnc(NC(=O)c2csc(NC(=O)c3ccc(OC)cc3)n2)s1. The van der Waals surface area contributed by atoms with E-state index in [2.05, 4.69) is 25.8 Å². The fraction of sp³-hybridized carbons (Fsp3) is 0.188. The van der Waals surface area contributed by atoms with Crippen molar-refractivity contribution in [2.24, 2.45) is 0 Å². The average molecular weight is 405 g/mol. The average Bonchev–Trinajstić information content (AvgIpc) is 3.32. The molecule has 0 radical (unpaired) electrons. The number of nitrogens with one attached hydrogen (secondary N) is 2. The molecular formula is C16H15N5O4S2. The number of ether oxygens (including phenoxy) is 2. The predicted octanol–water partition coefficient (Wildman–Crippen LogP) is 2.65. The minimum atomic E-state index is -0.434. The van der Waals surface area contributed by atoms with Crippen LogP contribution in [0.4, 0.5) is 10.3 Å². The summed E-state index contributed by atoms with van der Waals surface area (Å²) in [7, 11) is 3.11. The van der Waals surface area contributed by atoms with Gasteiger partial charge in [-0.2, -0.15) is 0 Å². The van der Waals surface area contributed by atoms with Crippen molar-refractivity contribution in [3.63, 3.8) is 0 Å². The van der Waals surface area contributed by atoms with Gasteiger partial charge in [-0.05, 0) is 24.3 Å². The maximum absolute atomic E-state index is 12.2. The van der Waals surface area contributed by atoms with Gasteiger partial charge in [-0.3, -0.25) is 20.2 Å². The van der Waals surface area contributed by atoms with Crippen LogP contribution in [-0.4, -0.2) is 41.2 Å². The van der Waals surface area contributed by atoms with Crippen molar-refractivity contribution in [2.75, 3.05) is 24.9 Å². The summed E-state index contributed by atoms with van der Waals surface area (Å²) in [6.45, 7) is 0.325. The lowest BCUT2D eigenvalue weighted by Gasteiger charge is -2.03. The van der Waals surface area contributed by atoms with Crippen LogP contribution in [0.1, 0.15) is 25.9 Å². The molecule has 3 aromatic rings. The van der Waals surface area contributed by atoms with Gasteiger partial charge in [-0.15, -0.1) is 21.5 Å². The third-order valence-corrected chi connectivity index (χ3v) is 4.83. The van der Waals surface area contributed by atoms with E-state index in [-0.39, 0.29) is 11.6 Å². The zero-order valence-electron chi connectivity index (χ0n) is 14.4. The summed E-state index contributed by atoms with van der Waals surface area (Å²) < 4.78 is 10.0. The van der Waals surface area contributed by atoms with Gasteiger partial charge in [-0.25, -0.2) is 4.98 Å². The third kappa shape index (κ3) is 4.84. The molecule has 0 saturated carbocycles. The number of anilines is 2. The molecule has 2 amide bonds. The van der Waals surface area contributed by atoms with Crippen LogP contribution in [0.2, 0.25) is 0 Å². The van der Waals surface area contributed by atoms with E-state index in [1.165, 1.54) is 11.3 Å². The van der Waals surface area contributed by atoms with Crippen LogP contribution in [0.5, 0.6) is 5.75 Å². The first kappa shape index (κ1) is 18.9. The summed E-state index contributed by atoms with van der Waals surface area (Å²) in [6.07, 6.45) is 0. The van der Waals surface area contributed by atoms with Crippen LogP contribution < -0.4 is 15.4 Å². The second kappa shape index (κ2) is 8.66. The zero-order chi connectivity index (χ0) is 19.2. The maximum Gasteiger partial charge on any atom is 0.277 e. The van der Waals surface area contributed by atoms with Crippen LogP contribution in [0.25, 0.3) is 0 Å². The van der Waals surface area contributed by atoms with E-state index in [0.717, 1.165) is 11.3 Å². The molecule has 2 N–H and O–H groups in total. The monoisotopic (exact) mass is 405 g/mol. The molecule has 0 aliphatic carbocycles. The van der Waals surface area contributed by atoms with Gasteiger partial charge < -0.3 is 9.47 Å². The second-order valence-electron chi connectivity index (χ2n) is 5.11. The molecule has 2 aromatic heterocycles. The topological polar surface area (TPSA) is 115 Å². The Labute approximate surface area is 162 Å². The Balaban J connectivity index is 1.61. The van der Waals surface area contributed by atoms with Crippen molar-refractivity contribution in [3.8, 4) is 5.75 Å². The Hall–Kier alpha value is -2.89. The fourth-order valence-corrected chi connectivity index (χ4v) is 3.39. The zero-order valence-corrected chi connectivity index (χ0v) is 16.0. The van der Waals surface area contributed by atoms with Gasteiger partial charge in [0.25, 0.3) is 11.8 Å². The predicted molar refractivity (Wildman–Crippen MR) is 102 cm³/mol. The van der Waals surface area contributed by atoms with Gasteiger partial charge in [0.2, 0.25) is 5.13 Å². The number of carbonyl (C=O) groups excluding carboxylic acids is 2. The molecular weight excluding hydrogens is 390 g/mol. The van der Waals surface area contributed by atoms with Crippen LogP contribution in [0, 0.1) is 0 Å². The molecule has 1 aromatic carbocycles. The summed E-state index contributed by atoms with van der Waals surface area (Å²) in [6, 6.07) is 6.66. The smallest absolute Gasteiger partial charge is 0.277 e. The molecule has 0 atom stereocenters. The highest BCUT2D eigenvalue weighted by Gasteiger charge is 2.15. The second-order valence-corrected chi connectivity index (χ2v) is 7.03. The van der Waals surface area contributed by atoms with Crippen molar-refractivity contribution in [1.29, 1.82) is 0 Å². The van der Waals surface area contributed by atoms with Crippen LogP contribution in [0.3, 0.4) is 0 Å². The standard InChI is InChI=1S/C16H15N5O4S2/c1-24-7-12-20-21-16(27-12)19-14(23)11-8-26-15(17-11)18-13(22)9-3-5-10(25-2)6-4-9/h3-6,8H,7H2,1-2H3,(H,17,18,22)(H,19,21,23). The number of rotatable bonds is 7. The molecule has 0 aliphatic heterocycles. The molecule has 0 saturated heterocycles. The third-order valence-electron chi connectivity index (χ3n) is 3.26. The molecule has 2 heterocycles. The molecule has 0 bridgehead atoms. The Morgan fingerprint density at radius 3 is 2.48 bits per heavy atom. The number of hydrogen-bond acceptors (Lipinski definition) is 9. The highest BCUT2D eigenvalue weighted by atomic mass is 32.1. The Morgan fingerprint density at radius 2 is 1.78 bits per heavy atom. The first-order valence-electron chi connectivity index (χ1n) is 7.62. The van der Waals surface area contributed by atoms with Crippen molar-refractivity contribution >= 4 is 44.8 Å². The van der Waals surface area contributed by atoms with Gasteiger partial charge in [-0.1, -0.05) is 11.3 Å². The molecule has 0 spiro atoms. The number of aromatic nitrogens is 3. The maximum atomic E-state index is 12.2. The number of methoxy groups -OCH3 is 2. The van der Waals surface area contributed by atoms with Gasteiger partial charge in [0.05, 0.1) is 7.11 Å². The van der Waals surface area contributed by atoms with Crippen molar-refractivity contribution in [2.45, 2.75) is 6.61 Å². The number of carbonyl (C=O) groups is 2. The van der Waals surface area contributed by atoms with Crippen molar-refractivity contribution < 1.29 is 19.1 Å². The molecule has 0 fully saturated rings. The van der Waals surface area contributed by atoms with E-state index >= 15 is 0 Å². The normalized spacial score (nSPS) is 10.4. The molecule has 0 aliphatic rings. The largest absolute Gasteiger partial charge is 0.497 e. The Kier molecular flexibility index (Phi) is 6.06. The van der Waals surface area contributed by atoms with Crippen molar-refractivity contribution in [1.82, 2.24) is 15.2 Å². The lowest BCUT2D eigenvalue weighted by Crippen LogP contribution is -2.14. The highest BCUT2D eigenvalue weighted by molar-refractivity contribution is 7.15. The minimum absolute atomic E-state index is 0.175. The highest BCUT2D eigenvalue weighted by Crippen LogP contribution is 2.20. The number of nitrogens with zero attached hydrogens (tertiary/aromatic N) is 3. The summed E-state index contributed by atoms with van der Waals surface area (Å²) in [5, 5.41) is 15.9. The van der Waals surface area contributed by atoms with Gasteiger partial charge >= 0.3 is 0 Å². The summed E-state index contributed by atoms with van der Waals surface area (Å²) >= 11 is 2.37. The number of thiazole rings is 1. The summed E-state index contributed by atoms with van der Waals surface area (Å²) in [5.41, 5.74) is 0.630. The Morgan fingerprint density at radius 1 is 1.04 bits per heavy atom. The van der Waals surface area contributed by atoms with Gasteiger partial charge in [0.15, 0.2) is 5.13 Å². The van der Waals surface area contributed by atoms with Crippen molar-refractivity contribution in [3.05, 3.63) is 45.9 Å². The van der Waals surface area contributed by atoms with E-state index in [0.29, 0.717) is 33.2 Å². The lowest BCUT2D eigenvalue weighted by molar-refractivity contribution is 0.101. The molecule has 140 valence electrons. The van der Waals surface area contributed by atoms with E-state index in [1.54, 1.807) is 43.9 Å². The number of benzene rings is 1. The van der Waals surface area contributed by atoms with Crippen LogP contribution in [-0.2, 0) is 11.3 Å². The first-order valence-corrected chi connectivity index (χ1v) is 9.32. The van der Waals surface area contributed by atoms with E-state index in [9.17, 15) is 9.59 Å². The van der Waals surface area contributed by atoms with E-state index < -0.39 is 5.91 Å². The lowest BCUT2D eigenvalue weighted by atomic mass is 10.2. The van der Waals surface area contributed by atoms with Crippen LogP contribution >= 0.6 is 22.7 Å². The molecule has 27 heavy (non-hydrogen) atoms. The number of amides is 2. The number of hydrogen-bond donors (Lipinski definition) is 2. The van der Waals surface area contributed by atoms with Gasteiger partial charge in [0.1, 0.15) is 23.1 Å². The summed E-state index contributed by atoms with van der Waals surface area (Å²) in [5.74, 6) is -0.103. The molecule has 9 nitrogen and oxygen atoms in total. The quantitative estimate of drug-likeness (QED) is 0.621. The first-order chi connectivity index (χ1) is 13.1. The fourth-order valence-electron chi connectivity index (χ4n) is 1.99. The molecule has 3 rings (SSSR count). The summed E-state index contributed by atoms with van der Waals surface area (Å²) in [4.78, 5) is 28.6. The molecule has 0 unspecified atom stereocenters. The van der Waals surface area contributed by atoms with E-state index in [1.807, 2.05) is 0 Å². The van der Waals surface area contributed by atoms with Gasteiger partial charge in [0, 0.05) is 18.1 Å². The molecule has 11 heteroatoms. The van der Waals surface area contributed by atoms with Crippen LogP contribution in [0.15, 0.2) is 29.6 Å². The minimum Gasteiger partial charge on any atom is -0.497 e.